The van der Waals surface area contributed by atoms with E-state index in [9.17, 15) is 4.79 Å². The maximum Gasteiger partial charge on any atom is 0.337 e. The summed E-state index contributed by atoms with van der Waals surface area (Å²) in [5, 5.41) is 11.8. The molecule has 0 atom stereocenters. The second-order valence-electron chi connectivity index (χ2n) is 3.60. The SMILES string of the molecule is CNc1nnc(SCc2ccc(C(=O)OC)cc2)s1. The predicted octanol–water partition coefficient (Wildman–Crippen LogP) is 2.66. The van der Waals surface area contributed by atoms with Crippen molar-refractivity contribution in [3.05, 3.63) is 35.4 Å². The first-order valence-electron chi connectivity index (χ1n) is 5.54. The molecule has 0 radical (unpaired) electrons. The molecule has 7 heteroatoms. The highest BCUT2D eigenvalue weighted by Gasteiger charge is 2.06. The molecule has 0 amide bonds. The number of aromatic nitrogens is 2. The van der Waals surface area contributed by atoms with Gasteiger partial charge in [-0.05, 0) is 17.7 Å². The second-order valence-corrected chi connectivity index (χ2v) is 5.80. The number of methoxy groups -OCH3 is 1. The van der Waals surface area contributed by atoms with Crippen molar-refractivity contribution >= 4 is 34.2 Å². The molecule has 1 aromatic carbocycles. The van der Waals surface area contributed by atoms with E-state index < -0.39 is 0 Å². The molecule has 2 rings (SSSR count). The topological polar surface area (TPSA) is 64.1 Å². The lowest BCUT2D eigenvalue weighted by molar-refractivity contribution is 0.0600. The highest BCUT2D eigenvalue weighted by Crippen LogP contribution is 2.27. The van der Waals surface area contributed by atoms with Crippen LogP contribution in [0.5, 0.6) is 0 Å². The van der Waals surface area contributed by atoms with Gasteiger partial charge in [-0.25, -0.2) is 4.79 Å². The molecule has 0 aliphatic heterocycles. The van der Waals surface area contributed by atoms with Crippen LogP contribution in [-0.2, 0) is 10.5 Å². The van der Waals surface area contributed by atoms with Crippen molar-refractivity contribution in [1.29, 1.82) is 0 Å². The number of hydrogen-bond acceptors (Lipinski definition) is 7. The molecule has 2 aromatic rings. The summed E-state index contributed by atoms with van der Waals surface area (Å²) < 4.78 is 5.57. The van der Waals surface area contributed by atoms with Gasteiger partial charge < -0.3 is 10.1 Å². The van der Waals surface area contributed by atoms with Crippen LogP contribution >= 0.6 is 23.1 Å². The molecule has 0 bridgehead atoms. The van der Waals surface area contributed by atoms with Crippen LogP contribution in [0.15, 0.2) is 28.6 Å². The third kappa shape index (κ3) is 3.68. The minimum atomic E-state index is -0.318. The Labute approximate surface area is 119 Å². The fourth-order valence-corrected chi connectivity index (χ4v) is 3.03. The van der Waals surface area contributed by atoms with Gasteiger partial charge in [0.25, 0.3) is 0 Å². The Morgan fingerprint density at radius 2 is 2.11 bits per heavy atom. The van der Waals surface area contributed by atoms with Crippen LogP contribution < -0.4 is 5.32 Å². The molecule has 1 aromatic heterocycles. The van der Waals surface area contributed by atoms with E-state index in [1.54, 1.807) is 23.9 Å². The highest BCUT2D eigenvalue weighted by atomic mass is 32.2. The van der Waals surface area contributed by atoms with Crippen LogP contribution in [0.2, 0.25) is 0 Å². The highest BCUT2D eigenvalue weighted by molar-refractivity contribution is 8.00. The van der Waals surface area contributed by atoms with Gasteiger partial charge in [-0.15, -0.1) is 10.2 Å². The van der Waals surface area contributed by atoms with E-state index >= 15 is 0 Å². The van der Waals surface area contributed by atoms with Crippen LogP contribution in [-0.4, -0.2) is 30.3 Å². The monoisotopic (exact) mass is 295 g/mol. The van der Waals surface area contributed by atoms with E-state index in [0.29, 0.717) is 5.56 Å². The summed E-state index contributed by atoms with van der Waals surface area (Å²) in [7, 11) is 3.20. The number of nitrogens with one attached hydrogen (secondary N) is 1. The molecular formula is C12H13N3O2S2. The molecule has 0 fully saturated rings. The summed E-state index contributed by atoms with van der Waals surface area (Å²) >= 11 is 3.14. The first kappa shape index (κ1) is 13.8. The first-order valence-corrected chi connectivity index (χ1v) is 7.34. The number of esters is 1. The standard InChI is InChI=1S/C12H13N3O2S2/c1-13-11-14-15-12(19-11)18-7-8-3-5-9(6-4-8)10(16)17-2/h3-6H,7H2,1-2H3,(H,13,14). The summed E-state index contributed by atoms with van der Waals surface area (Å²) in [6.45, 7) is 0. The van der Waals surface area contributed by atoms with Gasteiger partial charge in [0, 0.05) is 12.8 Å². The number of thioether (sulfide) groups is 1. The number of nitrogens with zero attached hydrogens (tertiary/aromatic N) is 2. The summed E-state index contributed by atoms with van der Waals surface area (Å²) in [5.74, 6) is 0.474. The maximum absolute atomic E-state index is 11.3. The Kier molecular flexibility index (Phi) is 4.75. The lowest BCUT2D eigenvalue weighted by Crippen LogP contribution is -2.00. The minimum Gasteiger partial charge on any atom is -0.465 e. The van der Waals surface area contributed by atoms with E-state index in [4.69, 9.17) is 0 Å². The molecule has 100 valence electrons. The average Bonchev–Trinajstić information content (AvgIpc) is 2.93. The number of carbonyl (C=O) groups excluding carboxylic acids is 1. The van der Waals surface area contributed by atoms with E-state index in [1.807, 2.05) is 19.2 Å². The van der Waals surface area contributed by atoms with Crippen molar-refractivity contribution in [2.24, 2.45) is 0 Å². The lowest BCUT2D eigenvalue weighted by atomic mass is 10.1. The Morgan fingerprint density at radius 1 is 1.37 bits per heavy atom. The molecule has 0 saturated heterocycles. The number of anilines is 1. The van der Waals surface area contributed by atoms with Crippen molar-refractivity contribution in [2.45, 2.75) is 10.1 Å². The number of ether oxygens (including phenoxy) is 1. The zero-order valence-corrected chi connectivity index (χ0v) is 12.2. The van der Waals surface area contributed by atoms with Gasteiger partial charge in [0.05, 0.1) is 12.7 Å². The van der Waals surface area contributed by atoms with Crippen molar-refractivity contribution in [3.8, 4) is 0 Å². The molecule has 0 unspecified atom stereocenters. The molecule has 19 heavy (non-hydrogen) atoms. The molecule has 0 aliphatic carbocycles. The molecular weight excluding hydrogens is 282 g/mol. The van der Waals surface area contributed by atoms with Crippen molar-refractivity contribution in [1.82, 2.24) is 10.2 Å². The van der Waals surface area contributed by atoms with Gasteiger partial charge in [-0.1, -0.05) is 35.2 Å². The predicted molar refractivity (Wildman–Crippen MR) is 76.8 cm³/mol. The minimum absolute atomic E-state index is 0.318. The zero-order chi connectivity index (χ0) is 13.7. The summed E-state index contributed by atoms with van der Waals surface area (Å²) in [4.78, 5) is 11.3. The second kappa shape index (κ2) is 6.53. The quantitative estimate of drug-likeness (QED) is 0.676. The maximum atomic E-state index is 11.3. The fraction of sp³-hybridized carbons (Fsp3) is 0.250. The van der Waals surface area contributed by atoms with Gasteiger partial charge in [-0.2, -0.15) is 0 Å². The van der Waals surface area contributed by atoms with Crippen molar-refractivity contribution < 1.29 is 9.53 Å². The number of rotatable bonds is 5. The van der Waals surface area contributed by atoms with E-state index in [2.05, 4.69) is 20.3 Å². The summed E-state index contributed by atoms with van der Waals surface area (Å²) in [6.07, 6.45) is 0. The van der Waals surface area contributed by atoms with E-state index in [-0.39, 0.29) is 5.97 Å². The fourth-order valence-electron chi connectivity index (χ4n) is 1.37. The van der Waals surface area contributed by atoms with Crippen LogP contribution in [0.3, 0.4) is 0 Å². The van der Waals surface area contributed by atoms with Crippen LogP contribution in [0.1, 0.15) is 15.9 Å². The van der Waals surface area contributed by atoms with Gasteiger partial charge in [0.1, 0.15) is 0 Å². The average molecular weight is 295 g/mol. The largest absolute Gasteiger partial charge is 0.465 e. The molecule has 1 N–H and O–H groups in total. The smallest absolute Gasteiger partial charge is 0.337 e. The van der Waals surface area contributed by atoms with Gasteiger partial charge in [0.15, 0.2) is 4.34 Å². The Hall–Kier alpha value is -1.60. The third-order valence-corrected chi connectivity index (χ3v) is 4.50. The van der Waals surface area contributed by atoms with Crippen molar-refractivity contribution in [3.63, 3.8) is 0 Å². The van der Waals surface area contributed by atoms with Crippen molar-refractivity contribution in [2.75, 3.05) is 19.5 Å². The van der Waals surface area contributed by atoms with Crippen LogP contribution in [0.25, 0.3) is 0 Å². The van der Waals surface area contributed by atoms with E-state index in [1.165, 1.54) is 18.4 Å². The van der Waals surface area contributed by atoms with Crippen LogP contribution in [0, 0.1) is 0 Å². The van der Waals surface area contributed by atoms with Crippen LogP contribution in [0.4, 0.5) is 5.13 Å². The molecule has 0 aliphatic rings. The number of hydrogen-bond donors (Lipinski definition) is 1. The number of carbonyl (C=O) groups is 1. The third-order valence-electron chi connectivity index (χ3n) is 2.36. The zero-order valence-electron chi connectivity index (χ0n) is 10.5. The summed E-state index contributed by atoms with van der Waals surface area (Å²) in [5.41, 5.74) is 1.68. The van der Waals surface area contributed by atoms with Gasteiger partial charge >= 0.3 is 5.97 Å². The molecule has 5 nitrogen and oxygen atoms in total. The molecule has 0 spiro atoms. The number of benzene rings is 1. The van der Waals surface area contributed by atoms with E-state index in [0.717, 1.165) is 20.8 Å². The Morgan fingerprint density at radius 3 is 2.68 bits per heavy atom. The van der Waals surface area contributed by atoms with Gasteiger partial charge in [0.2, 0.25) is 5.13 Å². The first-order chi connectivity index (χ1) is 9.22. The molecule has 1 heterocycles. The summed E-state index contributed by atoms with van der Waals surface area (Å²) in [6, 6.07) is 7.36. The Bertz CT molecular complexity index is 554. The lowest BCUT2D eigenvalue weighted by Gasteiger charge is -2.01. The van der Waals surface area contributed by atoms with Gasteiger partial charge in [-0.3, -0.25) is 0 Å². The molecule has 0 saturated carbocycles. The normalized spacial score (nSPS) is 10.2. The Balaban J connectivity index is 1.94.